The van der Waals surface area contributed by atoms with Crippen LogP contribution in [0.1, 0.15) is 34.3 Å². The summed E-state index contributed by atoms with van der Waals surface area (Å²) in [5.74, 6) is -0.188. The number of hydrogen-bond acceptors (Lipinski definition) is 5. The lowest BCUT2D eigenvalue weighted by molar-refractivity contribution is -0.286. The SMILES string of the molecule is O=C1NCc2ccc(-c3nc(NC(=O)C4(c5ccc6c(c5)OC(F)(F)O6)CC4)cc4ccccc34)cc21. The predicted octanol–water partition coefficient (Wildman–Crippen LogP) is 5.14. The Balaban J connectivity index is 1.24. The number of alkyl halides is 2. The number of rotatable bonds is 4. The van der Waals surface area contributed by atoms with Gasteiger partial charge in [-0.2, -0.15) is 0 Å². The molecule has 7 rings (SSSR count). The van der Waals surface area contributed by atoms with Crippen LogP contribution in [0.15, 0.2) is 66.7 Å². The Morgan fingerprint density at radius 1 is 0.973 bits per heavy atom. The number of fused-ring (bicyclic) bond motifs is 3. The number of anilines is 1. The number of ether oxygens (including phenoxy) is 2. The van der Waals surface area contributed by atoms with Gasteiger partial charge in [-0.15, -0.1) is 8.78 Å². The van der Waals surface area contributed by atoms with Crippen LogP contribution in [0.3, 0.4) is 0 Å². The second-order valence-corrected chi connectivity index (χ2v) is 9.50. The predicted molar refractivity (Wildman–Crippen MR) is 131 cm³/mol. The van der Waals surface area contributed by atoms with E-state index in [-0.39, 0.29) is 23.3 Å². The van der Waals surface area contributed by atoms with Gasteiger partial charge in [-0.3, -0.25) is 9.59 Å². The molecule has 2 N–H and O–H groups in total. The molecular formula is C28H19F2N3O4. The summed E-state index contributed by atoms with van der Waals surface area (Å²) in [7, 11) is 0. The highest BCUT2D eigenvalue weighted by molar-refractivity contribution is 6.04. The van der Waals surface area contributed by atoms with Gasteiger partial charge in [0, 0.05) is 23.1 Å². The number of nitrogens with one attached hydrogen (secondary N) is 2. The zero-order valence-electron chi connectivity index (χ0n) is 19.3. The molecule has 184 valence electrons. The number of carbonyl (C=O) groups excluding carboxylic acids is 2. The summed E-state index contributed by atoms with van der Waals surface area (Å²) in [4.78, 5) is 30.5. The van der Waals surface area contributed by atoms with Crippen LogP contribution in [0.4, 0.5) is 14.6 Å². The minimum absolute atomic E-state index is 0.0613. The second-order valence-electron chi connectivity index (χ2n) is 9.50. The molecule has 0 atom stereocenters. The third-order valence-electron chi connectivity index (χ3n) is 7.19. The lowest BCUT2D eigenvalue weighted by Crippen LogP contribution is -2.28. The Labute approximate surface area is 209 Å². The van der Waals surface area contributed by atoms with E-state index >= 15 is 0 Å². The van der Waals surface area contributed by atoms with E-state index in [1.807, 2.05) is 42.5 Å². The standard InChI is InChI=1S/C28H19F2N3O4/c29-28(30)36-21-8-7-18(13-22(21)37-28)27(9-10-27)26(35)33-23-12-15-3-1-2-4-19(15)24(32-23)16-5-6-17-14-31-25(34)20(17)11-16/h1-8,11-13H,9-10,14H2,(H,31,34)(H,32,33,35). The topological polar surface area (TPSA) is 89.6 Å². The van der Waals surface area contributed by atoms with Crippen LogP contribution >= 0.6 is 0 Å². The summed E-state index contributed by atoms with van der Waals surface area (Å²) in [5.41, 5.74) is 2.67. The fourth-order valence-corrected chi connectivity index (χ4v) is 5.10. The highest BCUT2D eigenvalue weighted by Gasteiger charge is 2.53. The van der Waals surface area contributed by atoms with Crippen molar-refractivity contribution in [2.45, 2.75) is 31.1 Å². The molecule has 0 bridgehead atoms. The highest BCUT2D eigenvalue weighted by Crippen LogP contribution is 2.52. The van der Waals surface area contributed by atoms with Crippen LogP contribution in [0.2, 0.25) is 0 Å². The van der Waals surface area contributed by atoms with Crippen molar-refractivity contribution >= 4 is 28.4 Å². The summed E-state index contributed by atoms with van der Waals surface area (Å²) in [6, 6.07) is 19.6. The van der Waals surface area contributed by atoms with Crippen molar-refractivity contribution in [1.29, 1.82) is 0 Å². The molecule has 1 aromatic heterocycles. The fraction of sp³-hybridized carbons (Fsp3) is 0.179. The molecule has 0 unspecified atom stereocenters. The van der Waals surface area contributed by atoms with E-state index in [1.54, 1.807) is 12.1 Å². The number of amides is 2. The Kier molecular flexibility index (Phi) is 4.40. The average Bonchev–Trinajstić information content (AvgIpc) is 3.53. The number of hydrogen-bond donors (Lipinski definition) is 2. The maximum absolute atomic E-state index is 13.5. The van der Waals surface area contributed by atoms with Gasteiger partial charge in [-0.05, 0) is 53.6 Å². The number of aromatic nitrogens is 1. The minimum atomic E-state index is -3.72. The first-order valence-electron chi connectivity index (χ1n) is 11.8. The molecule has 4 aromatic rings. The Morgan fingerprint density at radius 3 is 2.62 bits per heavy atom. The van der Waals surface area contributed by atoms with E-state index in [0.717, 1.165) is 21.9 Å². The molecule has 37 heavy (non-hydrogen) atoms. The van der Waals surface area contributed by atoms with E-state index in [9.17, 15) is 18.4 Å². The summed E-state index contributed by atoms with van der Waals surface area (Å²) in [5, 5.41) is 7.53. The number of nitrogens with zero attached hydrogens (tertiary/aromatic N) is 1. The molecule has 2 amide bonds. The number of benzene rings is 3. The largest absolute Gasteiger partial charge is 0.586 e. The van der Waals surface area contributed by atoms with Crippen molar-refractivity contribution in [2.24, 2.45) is 0 Å². The molecule has 0 radical (unpaired) electrons. The van der Waals surface area contributed by atoms with E-state index < -0.39 is 11.7 Å². The quantitative estimate of drug-likeness (QED) is 0.406. The molecule has 3 aliphatic rings. The molecule has 2 aliphatic heterocycles. The van der Waals surface area contributed by atoms with E-state index in [1.165, 1.54) is 12.1 Å². The van der Waals surface area contributed by atoms with Crippen LogP contribution in [0, 0.1) is 0 Å². The van der Waals surface area contributed by atoms with Gasteiger partial charge in [0.2, 0.25) is 5.91 Å². The first kappa shape index (κ1) is 21.7. The van der Waals surface area contributed by atoms with Crippen LogP contribution in [-0.4, -0.2) is 23.1 Å². The Hall–Kier alpha value is -4.53. The normalized spacial score (nSPS) is 17.8. The molecule has 0 spiro atoms. The molecule has 1 fully saturated rings. The van der Waals surface area contributed by atoms with E-state index in [0.29, 0.717) is 42.0 Å². The maximum atomic E-state index is 13.5. The minimum Gasteiger partial charge on any atom is -0.395 e. The third-order valence-corrected chi connectivity index (χ3v) is 7.19. The molecule has 3 aromatic carbocycles. The zero-order valence-corrected chi connectivity index (χ0v) is 19.3. The van der Waals surface area contributed by atoms with Gasteiger partial charge in [0.05, 0.1) is 11.1 Å². The first-order chi connectivity index (χ1) is 17.8. The fourth-order valence-electron chi connectivity index (χ4n) is 5.10. The molecule has 0 saturated heterocycles. The first-order valence-corrected chi connectivity index (χ1v) is 11.8. The van der Waals surface area contributed by atoms with Gasteiger partial charge in [0.15, 0.2) is 11.5 Å². The zero-order chi connectivity index (χ0) is 25.4. The molecule has 1 saturated carbocycles. The summed E-state index contributed by atoms with van der Waals surface area (Å²) >= 11 is 0. The van der Waals surface area contributed by atoms with Gasteiger partial charge < -0.3 is 20.1 Å². The van der Waals surface area contributed by atoms with Crippen LogP contribution in [-0.2, 0) is 16.8 Å². The monoisotopic (exact) mass is 499 g/mol. The molecule has 3 heterocycles. The lowest BCUT2D eigenvalue weighted by atomic mass is 9.94. The van der Waals surface area contributed by atoms with E-state index in [2.05, 4.69) is 20.1 Å². The van der Waals surface area contributed by atoms with Gasteiger partial charge >= 0.3 is 6.29 Å². The highest BCUT2D eigenvalue weighted by atomic mass is 19.3. The summed E-state index contributed by atoms with van der Waals surface area (Å²) in [6.07, 6.45) is -2.59. The van der Waals surface area contributed by atoms with Crippen molar-refractivity contribution in [2.75, 3.05) is 5.32 Å². The second kappa shape index (κ2) is 7.49. The Morgan fingerprint density at radius 2 is 1.78 bits per heavy atom. The van der Waals surface area contributed by atoms with Gasteiger partial charge in [-0.25, -0.2) is 4.98 Å². The van der Waals surface area contributed by atoms with Gasteiger partial charge in [0.1, 0.15) is 5.82 Å². The van der Waals surface area contributed by atoms with E-state index in [4.69, 9.17) is 4.98 Å². The molecular weight excluding hydrogens is 480 g/mol. The molecule has 1 aliphatic carbocycles. The average molecular weight is 499 g/mol. The third kappa shape index (κ3) is 3.49. The molecule has 7 nitrogen and oxygen atoms in total. The number of carbonyl (C=O) groups is 2. The van der Waals surface area contributed by atoms with Crippen LogP contribution in [0.25, 0.3) is 22.0 Å². The maximum Gasteiger partial charge on any atom is 0.586 e. The van der Waals surface area contributed by atoms with Crippen molar-refractivity contribution in [3.05, 3.63) is 83.4 Å². The van der Waals surface area contributed by atoms with Crippen LogP contribution in [0.5, 0.6) is 11.5 Å². The van der Waals surface area contributed by atoms with Gasteiger partial charge in [0.25, 0.3) is 5.91 Å². The van der Waals surface area contributed by atoms with Gasteiger partial charge in [-0.1, -0.05) is 42.5 Å². The molecule has 9 heteroatoms. The lowest BCUT2D eigenvalue weighted by Gasteiger charge is -2.17. The number of pyridine rings is 1. The summed E-state index contributed by atoms with van der Waals surface area (Å²) in [6.45, 7) is 0.498. The summed E-state index contributed by atoms with van der Waals surface area (Å²) < 4.78 is 36.0. The Bertz CT molecular complexity index is 1650. The van der Waals surface area contributed by atoms with Crippen molar-refractivity contribution < 1.29 is 27.8 Å². The van der Waals surface area contributed by atoms with Crippen LogP contribution < -0.4 is 20.1 Å². The van der Waals surface area contributed by atoms with Crippen molar-refractivity contribution in [1.82, 2.24) is 10.3 Å². The van der Waals surface area contributed by atoms with Crippen molar-refractivity contribution in [3.63, 3.8) is 0 Å². The van der Waals surface area contributed by atoms with Crippen molar-refractivity contribution in [3.8, 4) is 22.8 Å². The smallest absolute Gasteiger partial charge is 0.395 e. The number of halogens is 2.